The quantitative estimate of drug-likeness (QED) is 0.909. The predicted octanol–water partition coefficient (Wildman–Crippen LogP) is 2.32. The van der Waals surface area contributed by atoms with Crippen LogP contribution < -0.4 is 5.32 Å². The first kappa shape index (κ1) is 16.9. The van der Waals surface area contributed by atoms with Gasteiger partial charge in [-0.1, -0.05) is 6.07 Å². The van der Waals surface area contributed by atoms with E-state index in [1.54, 1.807) is 19.2 Å². The van der Waals surface area contributed by atoms with Gasteiger partial charge in [0.2, 0.25) is 0 Å². The molecule has 0 radical (unpaired) electrons. The van der Waals surface area contributed by atoms with E-state index in [0.717, 1.165) is 24.5 Å². The van der Waals surface area contributed by atoms with Crippen molar-refractivity contribution >= 4 is 0 Å². The Morgan fingerprint density at radius 1 is 1.25 bits per heavy atom. The lowest BCUT2D eigenvalue weighted by Gasteiger charge is -2.31. The van der Waals surface area contributed by atoms with Gasteiger partial charge >= 0.3 is 0 Å². The van der Waals surface area contributed by atoms with E-state index in [-0.39, 0.29) is 17.7 Å². The normalized spacial score (nSPS) is 21.0. The van der Waals surface area contributed by atoms with Crippen molar-refractivity contribution in [2.24, 2.45) is 0 Å². The van der Waals surface area contributed by atoms with Crippen LogP contribution in [-0.4, -0.2) is 42.4 Å². The van der Waals surface area contributed by atoms with E-state index in [0.29, 0.717) is 25.3 Å². The number of hydrogen-bond donors (Lipinski definition) is 1. The van der Waals surface area contributed by atoms with Gasteiger partial charge in [-0.25, -0.2) is 8.78 Å². The molecule has 0 bridgehead atoms. The Hall–Kier alpha value is -1.96. The number of pyridine rings is 2. The molecule has 5 nitrogen and oxygen atoms in total. The molecule has 3 heterocycles. The summed E-state index contributed by atoms with van der Waals surface area (Å²) < 4.78 is 38.4. The Morgan fingerprint density at radius 3 is 2.71 bits per heavy atom. The van der Waals surface area contributed by atoms with Crippen LogP contribution in [0.25, 0.3) is 11.1 Å². The Morgan fingerprint density at radius 2 is 2.04 bits per heavy atom. The maximum atomic E-state index is 13.7. The van der Waals surface area contributed by atoms with E-state index >= 15 is 0 Å². The largest absolute Gasteiger partial charge is 0.380 e. The molecule has 1 saturated heterocycles. The average molecular weight is 335 g/mol. The number of ether oxygens (including phenoxy) is 2. The van der Waals surface area contributed by atoms with E-state index < -0.39 is 11.6 Å². The molecule has 7 heteroatoms. The summed E-state index contributed by atoms with van der Waals surface area (Å²) in [6.45, 7) is 1.81. The maximum Gasteiger partial charge on any atom is 0.152 e. The van der Waals surface area contributed by atoms with Crippen LogP contribution in [0.15, 0.2) is 30.7 Å². The minimum absolute atomic E-state index is 0.0975. The molecule has 1 N–H and O–H groups in total. The number of nitrogens with zero attached hydrogens (tertiary/aromatic N) is 2. The highest BCUT2D eigenvalue weighted by Crippen LogP contribution is 2.24. The van der Waals surface area contributed by atoms with E-state index in [1.807, 2.05) is 0 Å². The first-order valence-electron chi connectivity index (χ1n) is 7.77. The van der Waals surface area contributed by atoms with E-state index in [2.05, 4.69) is 15.3 Å². The Balaban J connectivity index is 1.67. The Bertz CT molecular complexity index is 662. The van der Waals surface area contributed by atoms with E-state index in [1.165, 1.54) is 6.20 Å². The maximum absolute atomic E-state index is 13.7. The summed E-state index contributed by atoms with van der Waals surface area (Å²) in [7, 11) is 1.69. The van der Waals surface area contributed by atoms with Crippen molar-refractivity contribution in [3.05, 3.63) is 48.1 Å². The zero-order chi connectivity index (χ0) is 16.9. The van der Waals surface area contributed by atoms with Gasteiger partial charge in [0.05, 0.1) is 42.4 Å². The molecule has 3 rings (SSSR count). The van der Waals surface area contributed by atoms with Crippen LogP contribution in [0.4, 0.5) is 8.78 Å². The van der Waals surface area contributed by atoms with Crippen LogP contribution in [0.2, 0.25) is 0 Å². The van der Waals surface area contributed by atoms with Crippen molar-refractivity contribution < 1.29 is 18.3 Å². The van der Waals surface area contributed by atoms with Gasteiger partial charge in [0.1, 0.15) is 0 Å². The monoisotopic (exact) mass is 335 g/mol. The summed E-state index contributed by atoms with van der Waals surface area (Å²) in [6.07, 6.45) is 4.40. The molecule has 0 aliphatic carbocycles. The fourth-order valence-electron chi connectivity index (χ4n) is 2.79. The molecular weight excluding hydrogens is 316 g/mol. The third kappa shape index (κ3) is 3.75. The molecule has 128 valence electrons. The van der Waals surface area contributed by atoms with Gasteiger partial charge in [0.15, 0.2) is 11.6 Å². The predicted molar refractivity (Wildman–Crippen MR) is 84.2 cm³/mol. The Labute approximate surface area is 139 Å². The Kier molecular flexibility index (Phi) is 5.44. The second-order valence-corrected chi connectivity index (χ2v) is 5.64. The highest BCUT2D eigenvalue weighted by Gasteiger charge is 2.25. The van der Waals surface area contributed by atoms with Gasteiger partial charge in [0.25, 0.3) is 0 Å². The SMILES string of the molecule is CO[C@@H]1CCOC[C@H]1NCc1ccc(-c2c(F)cncc2F)cn1. The van der Waals surface area contributed by atoms with Crippen molar-refractivity contribution in [3.63, 3.8) is 0 Å². The summed E-state index contributed by atoms with van der Waals surface area (Å²) in [5.74, 6) is -1.41. The van der Waals surface area contributed by atoms with E-state index in [9.17, 15) is 8.78 Å². The molecule has 0 amide bonds. The molecule has 2 atom stereocenters. The molecule has 1 aliphatic rings. The lowest BCUT2D eigenvalue weighted by molar-refractivity contribution is -0.0374. The molecule has 0 unspecified atom stereocenters. The number of nitrogens with one attached hydrogen (secondary N) is 1. The number of methoxy groups -OCH3 is 1. The minimum atomic E-state index is -0.704. The summed E-state index contributed by atoms with van der Waals surface area (Å²) in [5, 5.41) is 3.35. The average Bonchev–Trinajstić information content (AvgIpc) is 2.61. The molecule has 24 heavy (non-hydrogen) atoms. The van der Waals surface area contributed by atoms with Crippen LogP contribution >= 0.6 is 0 Å². The lowest BCUT2D eigenvalue weighted by Crippen LogP contribution is -2.47. The first-order valence-corrected chi connectivity index (χ1v) is 7.77. The molecule has 0 saturated carbocycles. The van der Waals surface area contributed by atoms with Crippen LogP contribution in [-0.2, 0) is 16.0 Å². The van der Waals surface area contributed by atoms with Gasteiger partial charge in [0, 0.05) is 32.0 Å². The third-order valence-corrected chi connectivity index (χ3v) is 4.11. The number of halogens is 2. The summed E-state index contributed by atoms with van der Waals surface area (Å²) in [4.78, 5) is 7.75. The number of aromatic nitrogens is 2. The molecule has 2 aromatic rings. The van der Waals surface area contributed by atoms with Gasteiger partial charge < -0.3 is 14.8 Å². The summed E-state index contributed by atoms with van der Waals surface area (Å²) in [5.41, 5.74) is 1.04. The first-order chi connectivity index (χ1) is 11.7. The van der Waals surface area contributed by atoms with Crippen molar-refractivity contribution in [1.82, 2.24) is 15.3 Å². The molecule has 0 spiro atoms. The van der Waals surface area contributed by atoms with Crippen molar-refractivity contribution in [1.29, 1.82) is 0 Å². The highest BCUT2D eigenvalue weighted by molar-refractivity contribution is 5.63. The highest BCUT2D eigenvalue weighted by atomic mass is 19.1. The van der Waals surface area contributed by atoms with Crippen molar-refractivity contribution in [2.75, 3.05) is 20.3 Å². The van der Waals surface area contributed by atoms with Crippen molar-refractivity contribution in [3.8, 4) is 11.1 Å². The van der Waals surface area contributed by atoms with Crippen LogP contribution in [0.3, 0.4) is 0 Å². The minimum Gasteiger partial charge on any atom is -0.380 e. The van der Waals surface area contributed by atoms with Gasteiger partial charge in [-0.2, -0.15) is 0 Å². The number of hydrogen-bond acceptors (Lipinski definition) is 5. The van der Waals surface area contributed by atoms with Crippen LogP contribution in [0.1, 0.15) is 12.1 Å². The van der Waals surface area contributed by atoms with Crippen LogP contribution in [0, 0.1) is 11.6 Å². The van der Waals surface area contributed by atoms with Crippen LogP contribution in [0.5, 0.6) is 0 Å². The fourth-order valence-corrected chi connectivity index (χ4v) is 2.79. The van der Waals surface area contributed by atoms with E-state index in [4.69, 9.17) is 9.47 Å². The third-order valence-electron chi connectivity index (χ3n) is 4.11. The van der Waals surface area contributed by atoms with Gasteiger partial charge in [-0.15, -0.1) is 0 Å². The zero-order valence-electron chi connectivity index (χ0n) is 13.3. The molecule has 1 aliphatic heterocycles. The van der Waals surface area contributed by atoms with Gasteiger partial charge in [-0.05, 0) is 12.5 Å². The molecular formula is C17H19F2N3O2. The molecule has 1 fully saturated rings. The molecule has 2 aromatic heterocycles. The van der Waals surface area contributed by atoms with Gasteiger partial charge in [-0.3, -0.25) is 9.97 Å². The smallest absolute Gasteiger partial charge is 0.152 e. The topological polar surface area (TPSA) is 56.3 Å². The fraction of sp³-hybridized carbons (Fsp3) is 0.412. The number of rotatable bonds is 5. The summed E-state index contributed by atoms with van der Waals surface area (Å²) >= 11 is 0. The van der Waals surface area contributed by atoms with Crippen molar-refractivity contribution in [2.45, 2.75) is 25.1 Å². The standard InChI is InChI=1S/C17H19F2N3O2/c1-23-16-4-5-24-10-15(16)22-7-12-3-2-11(6-21-12)17-13(18)8-20-9-14(17)19/h2-3,6,8-9,15-16,22H,4-5,7,10H2,1H3/t15-,16-/m1/s1. The second kappa shape index (κ2) is 7.74. The summed E-state index contributed by atoms with van der Waals surface area (Å²) in [6, 6.07) is 3.49. The molecule has 0 aromatic carbocycles. The zero-order valence-corrected chi connectivity index (χ0v) is 13.3. The second-order valence-electron chi connectivity index (χ2n) is 5.64. The lowest BCUT2D eigenvalue weighted by atomic mass is 10.1.